The molecule has 0 spiro atoms. The molecule has 0 unspecified atom stereocenters. The number of benzene rings is 1. The molecule has 0 amide bonds. The lowest BCUT2D eigenvalue weighted by atomic mass is 10.2. The van der Waals surface area contributed by atoms with Gasteiger partial charge in [-0.2, -0.15) is 0 Å². The molecule has 2 nitrogen and oxygen atoms in total. The summed E-state index contributed by atoms with van der Waals surface area (Å²) in [4.78, 5) is 0. The first-order valence-electron chi connectivity index (χ1n) is 6.81. The van der Waals surface area contributed by atoms with Gasteiger partial charge in [0.15, 0.2) is 0 Å². The van der Waals surface area contributed by atoms with Crippen LogP contribution in [0.25, 0.3) is 10.9 Å². The van der Waals surface area contributed by atoms with Crippen molar-refractivity contribution in [2.45, 2.75) is 39.3 Å². The minimum absolute atomic E-state index is 0.615. The van der Waals surface area contributed by atoms with Crippen molar-refractivity contribution in [3.05, 3.63) is 32.8 Å². The van der Waals surface area contributed by atoms with Gasteiger partial charge in [-0.05, 0) is 46.6 Å². The molecule has 0 radical (unpaired) electrons. The second-order valence-corrected chi connectivity index (χ2v) is 13.7. The Hall–Kier alpha value is -0.103. The van der Waals surface area contributed by atoms with E-state index in [0.29, 0.717) is 6.73 Å². The summed E-state index contributed by atoms with van der Waals surface area (Å²) in [6.45, 7) is 10.7. The zero-order valence-electron chi connectivity index (χ0n) is 12.5. The van der Waals surface area contributed by atoms with Crippen molar-refractivity contribution in [1.29, 1.82) is 0 Å². The molecule has 5 heteroatoms. The van der Waals surface area contributed by atoms with Gasteiger partial charge in [0.2, 0.25) is 0 Å². The fourth-order valence-corrected chi connectivity index (χ4v) is 4.15. The van der Waals surface area contributed by atoms with Crippen molar-refractivity contribution in [3.63, 3.8) is 0 Å². The van der Waals surface area contributed by atoms with Crippen LogP contribution in [0.1, 0.15) is 5.56 Å². The van der Waals surface area contributed by atoms with Crippen LogP contribution in [0.15, 0.2) is 27.3 Å². The molecule has 1 aromatic heterocycles. The Labute approximate surface area is 138 Å². The largest absolute Gasteiger partial charge is 0.361 e. The number of ether oxygens (including phenoxy) is 1. The van der Waals surface area contributed by atoms with Crippen LogP contribution in [0.5, 0.6) is 0 Å². The first kappa shape index (κ1) is 16.3. The van der Waals surface area contributed by atoms with Gasteiger partial charge < -0.3 is 9.30 Å². The highest BCUT2D eigenvalue weighted by atomic mass is 79.9. The van der Waals surface area contributed by atoms with Crippen LogP contribution >= 0.6 is 31.9 Å². The maximum Gasteiger partial charge on any atom is 0.122 e. The quantitative estimate of drug-likeness (QED) is 0.442. The van der Waals surface area contributed by atoms with E-state index in [0.717, 1.165) is 15.6 Å². The Bertz CT molecular complexity index is 616. The summed E-state index contributed by atoms with van der Waals surface area (Å²) in [5.74, 6) is 0. The van der Waals surface area contributed by atoms with Gasteiger partial charge >= 0.3 is 0 Å². The van der Waals surface area contributed by atoms with Crippen LogP contribution in [0.2, 0.25) is 25.7 Å². The molecular weight excluding hydrogens is 398 g/mol. The molecule has 0 aliphatic carbocycles. The maximum absolute atomic E-state index is 5.87. The second kappa shape index (κ2) is 6.34. The van der Waals surface area contributed by atoms with Gasteiger partial charge in [0.1, 0.15) is 6.73 Å². The lowest BCUT2D eigenvalue weighted by molar-refractivity contribution is 0.0901. The van der Waals surface area contributed by atoms with Gasteiger partial charge in [0, 0.05) is 35.2 Å². The fraction of sp³-hybridized carbons (Fsp3) is 0.467. The molecule has 0 aliphatic heterocycles. The van der Waals surface area contributed by atoms with Crippen LogP contribution in [-0.4, -0.2) is 19.2 Å². The fourth-order valence-electron chi connectivity index (χ4n) is 2.20. The van der Waals surface area contributed by atoms with Crippen molar-refractivity contribution < 1.29 is 4.74 Å². The predicted octanol–water partition coefficient (Wildman–Crippen LogP) is 5.79. The molecule has 0 N–H and O–H groups in total. The Morgan fingerprint density at radius 1 is 1.15 bits per heavy atom. The number of halogens is 2. The molecule has 110 valence electrons. The number of aromatic nitrogens is 1. The first-order valence-corrected chi connectivity index (χ1v) is 12.1. The van der Waals surface area contributed by atoms with E-state index in [-0.39, 0.29) is 0 Å². The Morgan fingerprint density at radius 2 is 1.80 bits per heavy atom. The number of hydrogen-bond acceptors (Lipinski definition) is 1. The predicted molar refractivity (Wildman–Crippen MR) is 96.2 cm³/mol. The van der Waals surface area contributed by atoms with Crippen molar-refractivity contribution in [2.75, 3.05) is 6.61 Å². The molecule has 2 rings (SSSR count). The van der Waals surface area contributed by atoms with E-state index in [4.69, 9.17) is 4.74 Å². The maximum atomic E-state index is 5.87. The van der Waals surface area contributed by atoms with Gasteiger partial charge in [-0.3, -0.25) is 0 Å². The lowest BCUT2D eigenvalue weighted by Crippen LogP contribution is -2.21. The van der Waals surface area contributed by atoms with Crippen molar-refractivity contribution in [2.24, 2.45) is 0 Å². The van der Waals surface area contributed by atoms with E-state index in [2.05, 4.69) is 81.3 Å². The van der Waals surface area contributed by atoms with Gasteiger partial charge in [-0.25, -0.2) is 0 Å². The summed E-state index contributed by atoms with van der Waals surface area (Å²) in [5.41, 5.74) is 2.46. The van der Waals surface area contributed by atoms with Crippen LogP contribution in [0.3, 0.4) is 0 Å². The smallest absolute Gasteiger partial charge is 0.122 e. The average Bonchev–Trinajstić information content (AvgIpc) is 2.67. The van der Waals surface area contributed by atoms with Crippen LogP contribution in [0.4, 0.5) is 0 Å². The third kappa shape index (κ3) is 3.75. The van der Waals surface area contributed by atoms with Gasteiger partial charge in [-0.15, -0.1) is 0 Å². The van der Waals surface area contributed by atoms with Crippen molar-refractivity contribution in [3.8, 4) is 0 Å². The summed E-state index contributed by atoms with van der Waals surface area (Å²) in [6, 6.07) is 5.36. The molecule has 0 saturated heterocycles. The highest BCUT2D eigenvalue weighted by molar-refractivity contribution is 9.11. The molecule has 0 fully saturated rings. The molecular formula is C15H21Br2NOSi. The van der Waals surface area contributed by atoms with E-state index in [1.807, 2.05) is 0 Å². The minimum Gasteiger partial charge on any atom is -0.361 e. The topological polar surface area (TPSA) is 14.2 Å². The van der Waals surface area contributed by atoms with Gasteiger partial charge in [0.25, 0.3) is 0 Å². The summed E-state index contributed by atoms with van der Waals surface area (Å²) in [6.07, 6.45) is 2.16. The molecule has 1 heterocycles. The second-order valence-electron chi connectivity index (χ2n) is 6.38. The summed E-state index contributed by atoms with van der Waals surface area (Å²) in [5, 5.41) is 1.26. The summed E-state index contributed by atoms with van der Waals surface area (Å²) < 4.78 is 10.3. The molecule has 2 aromatic rings. The highest BCUT2D eigenvalue weighted by Gasteiger charge is 2.14. The van der Waals surface area contributed by atoms with E-state index >= 15 is 0 Å². The Balaban J connectivity index is 2.17. The zero-order chi connectivity index (χ0) is 14.9. The molecule has 1 aromatic carbocycles. The SMILES string of the molecule is Cc1cn(COCC[Si](C)(C)C)c2c(Br)ccc(Br)c12. The van der Waals surface area contributed by atoms with Crippen molar-refractivity contribution in [1.82, 2.24) is 4.57 Å². The standard InChI is InChI=1S/C15H21Br2NOSi/c1-11-9-18(10-19-7-8-20(2,3)4)15-13(17)6-5-12(16)14(11)15/h5-6,9H,7-8,10H2,1-4H3. The van der Waals surface area contributed by atoms with E-state index in [1.54, 1.807) is 0 Å². The Kier molecular flexibility index (Phi) is 5.16. The number of rotatable bonds is 5. The summed E-state index contributed by atoms with van der Waals surface area (Å²) >= 11 is 7.28. The molecule has 0 saturated carbocycles. The zero-order valence-corrected chi connectivity index (χ0v) is 16.6. The van der Waals surface area contributed by atoms with Crippen molar-refractivity contribution >= 4 is 50.8 Å². The monoisotopic (exact) mass is 417 g/mol. The number of nitrogens with zero attached hydrogens (tertiary/aromatic N) is 1. The molecule has 0 bridgehead atoms. The lowest BCUT2D eigenvalue weighted by Gasteiger charge is -2.16. The van der Waals surface area contributed by atoms with E-state index in [9.17, 15) is 0 Å². The molecule has 20 heavy (non-hydrogen) atoms. The number of hydrogen-bond donors (Lipinski definition) is 0. The van der Waals surface area contributed by atoms with E-state index < -0.39 is 8.07 Å². The Morgan fingerprint density at radius 3 is 2.45 bits per heavy atom. The number of fused-ring (bicyclic) bond motifs is 1. The van der Waals surface area contributed by atoms with Gasteiger partial charge in [-0.1, -0.05) is 35.6 Å². The molecule has 0 atom stereocenters. The minimum atomic E-state index is -1.01. The van der Waals surface area contributed by atoms with Gasteiger partial charge in [0.05, 0.1) is 5.52 Å². The average molecular weight is 419 g/mol. The third-order valence-electron chi connectivity index (χ3n) is 3.34. The van der Waals surface area contributed by atoms with E-state index in [1.165, 1.54) is 22.5 Å². The first-order chi connectivity index (χ1) is 9.29. The summed E-state index contributed by atoms with van der Waals surface area (Å²) in [7, 11) is -1.01. The number of aryl methyl sites for hydroxylation is 1. The highest BCUT2D eigenvalue weighted by Crippen LogP contribution is 2.34. The molecule has 0 aliphatic rings. The third-order valence-corrected chi connectivity index (χ3v) is 6.34. The van der Waals surface area contributed by atoms with Crippen LogP contribution < -0.4 is 0 Å². The van der Waals surface area contributed by atoms with Crippen LogP contribution in [-0.2, 0) is 11.5 Å². The van der Waals surface area contributed by atoms with Crippen LogP contribution in [0, 0.1) is 6.92 Å². The normalized spacial score (nSPS) is 12.3.